The van der Waals surface area contributed by atoms with Gasteiger partial charge in [-0.25, -0.2) is 0 Å². The second kappa shape index (κ2) is 9.23. The van der Waals surface area contributed by atoms with Gasteiger partial charge in [0.05, 0.1) is 5.60 Å². The van der Waals surface area contributed by atoms with Gasteiger partial charge >= 0.3 is 0 Å². The molecule has 0 unspecified atom stereocenters. The summed E-state index contributed by atoms with van der Waals surface area (Å²) >= 11 is 0. The van der Waals surface area contributed by atoms with E-state index in [1.54, 1.807) is 0 Å². The lowest BCUT2D eigenvalue weighted by atomic mass is 9.84. The van der Waals surface area contributed by atoms with E-state index >= 15 is 0 Å². The van der Waals surface area contributed by atoms with Gasteiger partial charge in [0.15, 0.2) is 0 Å². The Hall–Kier alpha value is -0.970. The molecule has 0 saturated carbocycles. The summed E-state index contributed by atoms with van der Waals surface area (Å²) in [6.45, 7) is 8.23. The standard InChI is InChI=1S/C16H26N2O2.C2H6/c1-4-5-14-10-13(12-18(2)3)15(11-17-14)16(19)6-8-20-9-7-16;1-2/h10-11,19H,4-9,12H2,1-3H3;1-2H3. The van der Waals surface area contributed by atoms with E-state index in [9.17, 15) is 5.11 Å². The minimum atomic E-state index is -0.776. The van der Waals surface area contributed by atoms with Crippen LogP contribution < -0.4 is 0 Å². The van der Waals surface area contributed by atoms with Gasteiger partial charge < -0.3 is 14.7 Å². The predicted octanol–water partition coefficient (Wildman–Crippen LogP) is 3.12. The molecule has 4 nitrogen and oxygen atoms in total. The SMILES string of the molecule is CC.CCCc1cc(CN(C)C)c(C2(O)CCOCC2)cn1. The zero-order valence-electron chi connectivity index (χ0n) is 14.9. The fourth-order valence-corrected chi connectivity index (χ4v) is 2.81. The lowest BCUT2D eigenvalue weighted by Crippen LogP contribution is -2.35. The molecule has 0 spiro atoms. The molecule has 22 heavy (non-hydrogen) atoms. The van der Waals surface area contributed by atoms with E-state index in [4.69, 9.17) is 4.74 Å². The van der Waals surface area contributed by atoms with Crippen molar-refractivity contribution in [2.45, 2.75) is 58.6 Å². The van der Waals surface area contributed by atoms with Gasteiger partial charge in [-0.2, -0.15) is 0 Å². The van der Waals surface area contributed by atoms with Gasteiger partial charge in [-0.3, -0.25) is 4.98 Å². The molecule has 0 aliphatic carbocycles. The highest BCUT2D eigenvalue weighted by Crippen LogP contribution is 2.34. The zero-order chi connectivity index (χ0) is 16.6. The van der Waals surface area contributed by atoms with E-state index in [-0.39, 0.29) is 0 Å². The lowest BCUT2D eigenvalue weighted by molar-refractivity contribution is -0.0687. The summed E-state index contributed by atoms with van der Waals surface area (Å²) in [7, 11) is 4.11. The quantitative estimate of drug-likeness (QED) is 0.908. The minimum Gasteiger partial charge on any atom is -0.385 e. The van der Waals surface area contributed by atoms with Crippen LogP contribution in [0.15, 0.2) is 12.3 Å². The number of ether oxygens (including phenoxy) is 1. The summed E-state index contributed by atoms with van der Waals surface area (Å²) < 4.78 is 5.38. The number of hydrogen-bond donors (Lipinski definition) is 1. The Kier molecular flexibility index (Phi) is 8.01. The molecule has 1 aliphatic rings. The van der Waals surface area contributed by atoms with E-state index in [1.807, 2.05) is 20.0 Å². The molecular weight excluding hydrogens is 276 g/mol. The Morgan fingerprint density at radius 3 is 2.45 bits per heavy atom. The number of pyridine rings is 1. The topological polar surface area (TPSA) is 45.6 Å². The van der Waals surface area contributed by atoms with Crippen molar-refractivity contribution < 1.29 is 9.84 Å². The van der Waals surface area contributed by atoms with Crippen LogP contribution in [-0.4, -0.2) is 42.3 Å². The highest BCUT2D eigenvalue weighted by Gasteiger charge is 2.34. The molecule has 2 heterocycles. The van der Waals surface area contributed by atoms with Crippen molar-refractivity contribution >= 4 is 0 Å². The van der Waals surface area contributed by atoms with Gasteiger partial charge in [0.1, 0.15) is 0 Å². The third-order valence-electron chi connectivity index (χ3n) is 3.86. The van der Waals surface area contributed by atoms with Crippen molar-refractivity contribution in [2.75, 3.05) is 27.3 Å². The van der Waals surface area contributed by atoms with E-state index in [0.29, 0.717) is 26.1 Å². The Morgan fingerprint density at radius 2 is 1.91 bits per heavy atom. The highest BCUT2D eigenvalue weighted by molar-refractivity contribution is 5.32. The first kappa shape index (κ1) is 19.1. The maximum Gasteiger partial charge on any atom is 0.0958 e. The van der Waals surface area contributed by atoms with Crippen molar-refractivity contribution in [3.05, 3.63) is 29.1 Å². The molecule has 1 aliphatic heterocycles. The Labute approximate surface area is 135 Å². The number of hydrogen-bond acceptors (Lipinski definition) is 4. The first-order chi connectivity index (χ1) is 10.5. The van der Waals surface area contributed by atoms with E-state index in [2.05, 4.69) is 37.0 Å². The van der Waals surface area contributed by atoms with Crippen molar-refractivity contribution in [3.8, 4) is 0 Å². The first-order valence-corrected chi connectivity index (χ1v) is 8.48. The van der Waals surface area contributed by atoms with Crippen LogP contribution in [-0.2, 0) is 23.3 Å². The monoisotopic (exact) mass is 308 g/mol. The molecule has 0 amide bonds. The Balaban J connectivity index is 0.00000116. The van der Waals surface area contributed by atoms with E-state index in [1.165, 1.54) is 5.56 Å². The highest BCUT2D eigenvalue weighted by atomic mass is 16.5. The molecule has 1 aromatic rings. The van der Waals surface area contributed by atoms with Crippen LogP contribution in [0.25, 0.3) is 0 Å². The van der Waals surface area contributed by atoms with Gasteiger partial charge in [0.2, 0.25) is 0 Å². The average Bonchev–Trinajstić information content (AvgIpc) is 2.50. The second-order valence-electron chi connectivity index (χ2n) is 5.96. The van der Waals surface area contributed by atoms with Crippen LogP contribution in [0.1, 0.15) is 56.9 Å². The maximum absolute atomic E-state index is 10.9. The smallest absolute Gasteiger partial charge is 0.0958 e. The fourth-order valence-electron chi connectivity index (χ4n) is 2.81. The van der Waals surface area contributed by atoms with Crippen LogP contribution >= 0.6 is 0 Å². The van der Waals surface area contributed by atoms with E-state index in [0.717, 1.165) is 30.6 Å². The molecule has 2 rings (SSSR count). The van der Waals surface area contributed by atoms with Crippen molar-refractivity contribution in [2.24, 2.45) is 0 Å². The molecule has 126 valence electrons. The van der Waals surface area contributed by atoms with Crippen molar-refractivity contribution in [3.63, 3.8) is 0 Å². The molecular formula is C18H32N2O2. The Bertz CT molecular complexity index is 441. The van der Waals surface area contributed by atoms with E-state index < -0.39 is 5.60 Å². The number of aromatic nitrogens is 1. The Morgan fingerprint density at radius 1 is 1.27 bits per heavy atom. The molecule has 0 radical (unpaired) electrons. The van der Waals surface area contributed by atoms with Gasteiger partial charge in [-0.15, -0.1) is 0 Å². The second-order valence-corrected chi connectivity index (χ2v) is 5.96. The first-order valence-electron chi connectivity index (χ1n) is 8.48. The average molecular weight is 308 g/mol. The molecule has 0 aromatic carbocycles. The summed E-state index contributed by atoms with van der Waals surface area (Å²) in [6.07, 6.45) is 5.27. The third-order valence-corrected chi connectivity index (χ3v) is 3.86. The lowest BCUT2D eigenvalue weighted by Gasteiger charge is -2.34. The maximum atomic E-state index is 10.9. The largest absolute Gasteiger partial charge is 0.385 e. The molecule has 1 saturated heterocycles. The number of aryl methyl sites for hydroxylation is 1. The van der Waals surface area contributed by atoms with Crippen molar-refractivity contribution in [1.29, 1.82) is 0 Å². The molecule has 1 fully saturated rings. The van der Waals surface area contributed by atoms with Crippen LogP contribution in [0, 0.1) is 0 Å². The number of nitrogens with zero attached hydrogens (tertiary/aromatic N) is 2. The summed E-state index contributed by atoms with van der Waals surface area (Å²) in [4.78, 5) is 6.67. The van der Waals surface area contributed by atoms with Crippen LogP contribution in [0.4, 0.5) is 0 Å². The summed E-state index contributed by atoms with van der Waals surface area (Å²) in [5, 5.41) is 10.9. The van der Waals surface area contributed by atoms with Crippen LogP contribution in [0.3, 0.4) is 0 Å². The molecule has 1 N–H and O–H groups in total. The number of aliphatic hydroxyl groups is 1. The van der Waals surface area contributed by atoms with Gasteiger partial charge in [-0.05, 0) is 32.1 Å². The summed E-state index contributed by atoms with van der Waals surface area (Å²) in [5.41, 5.74) is 2.51. The molecule has 1 aromatic heterocycles. The molecule has 4 heteroatoms. The van der Waals surface area contributed by atoms with Crippen LogP contribution in [0.5, 0.6) is 0 Å². The van der Waals surface area contributed by atoms with Gasteiger partial charge in [0, 0.05) is 50.1 Å². The molecule has 0 atom stereocenters. The summed E-state index contributed by atoms with van der Waals surface area (Å²) in [6, 6.07) is 2.16. The molecule has 0 bridgehead atoms. The zero-order valence-corrected chi connectivity index (χ0v) is 14.9. The number of rotatable bonds is 5. The minimum absolute atomic E-state index is 0.620. The fraction of sp³-hybridized carbons (Fsp3) is 0.722. The normalized spacial score (nSPS) is 17.0. The van der Waals surface area contributed by atoms with Gasteiger partial charge in [0.25, 0.3) is 0 Å². The third kappa shape index (κ3) is 5.04. The van der Waals surface area contributed by atoms with Crippen LogP contribution in [0.2, 0.25) is 0 Å². The van der Waals surface area contributed by atoms with Gasteiger partial charge in [-0.1, -0.05) is 27.2 Å². The summed E-state index contributed by atoms with van der Waals surface area (Å²) in [5.74, 6) is 0. The predicted molar refractivity (Wildman–Crippen MR) is 90.9 cm³/mol. The van der Waals surface area contributed by atoms with Crippen molar-refractivity contribution in [1.82, 2.24) is 9.88 Å².